The lowest BCUT2D eigenvalue weighted by molar-refractivity contribution is -0.117. The number of anilines is 1. The van der Waals surface area contributed by atoms with E-state index in [1.165, 1.54) is 5.56 Å². The van der Waals surface area contributed by atoms with Crippen LogP contribution in [-0.2, 0) is 11.2 Å². The number of nitrogens with one attached hydrogen (secondary N) is 1. The van der Waals surface area contributed by atoms with Crippen LogP contribution in [0.25, 0.3) is 0 Å². The second-order valence-electron chi connectivity index (χ2n) is 4.20. The number of carbonyl (C=O) groups is 1. The summed E-state index contributed by atoms with van der Waals surface area (Å²) < 4.78 is 0. The first kappa shape index (κ1) is 11.9. The van der Waals surface area contributed by atoms with Crippen LogP contribution in [0.4, 0.5) is 5.69 Å². The van der Waals surface area contributed by atoms with Crippen LogP contribution in [0.3, 0.4) is 0 Å². The molecule has 0 bridgehead atoms. The van der Waals surface area contributed by atoms with Crippen molar-refractivity contribution in [3.63, 3.8) is 0 Å². The Labute approximate surface area is 102 Å². The van der Waals surface area contributed by atoms with Crippen molar-refractivity contribution in [2.24, 2.45) is 0 Å². The largest absolute Gasteiger partial charge is 0.311 e. The number of hydrogen-bond donors (Lipinski definition) is 1. The summed E-state index contributed by atoms with van der Waals surface area (Å²) in [4.78, 5) is 13.9. The van der Waals surface area contributed by atoms with Crippen LogP contribution in [-0.4, -0.2) is 25.5 Å². The van der Waals surface area contributed by atoms with Gasteiger partial charge in [0.1, 0.15) is 0 Å². The highest BCUT2D eigenvalue weighted by Crippen LogP contribution is 2.26. The number of nitrogens with zero attached hydrogens (tertiary/aromatic N) is 1. The molecule has 1 amide bonds. The lowest BCUT2D eigenvalue weighted by Gasteiger charge is -2.29. The Morgan fingerprint density at radius 2 is 2.29 bits per heavy atom. The fraction of sp³-hybridized carbons (Fsp3) is 0.357. The Morgan fingerprint density at radius 3 is 3.12 bits per heavy atom. The first-order chi connectivity index (χ1) is 8.33. The summed E-state index contributed by atoms with van der Waals surface area (Å²) in [5, 5.41) is 3.05. The van der Waals surface area contributed by atoms with Gasteiger partial charge in [-0.05, 0) is 24.5 Å². The maximum atomic E-state index is 12.1. The molecule has 1 aromatic rings. The molecule has 90 valence electrons. The van der Waals surface area contributed by atoms with E-state index in [0.717, 1.165) is 25.1 Å². The van der Waals surface area contributed by atoms with Crippen molar-refractivity contribution in [2.75, 3.05) is 24.5 Å². The fourth-order valence-electron chi connectivity index (χ4n) is 2.17. The average molecular weight is 230 g/mol. The molecule has 0 fully saturated rings. The minimum Gasteiger partial charge on any atom is -0.311 e. The van der Waals surface area contributed by atoms with Gasteiger partial charge in [-0.3, -0.25) is 4.79 Å². The topological polar surface area (TPSA) is 32.3 Å². The predicted octanol–water partition coefficient (Wildman–Crippen LogP) is 1.74. The third-order valence-electron chi connectivity index (χ3n) is 2.98. The summed E-state index contributed by atoms with van der Waals surface area (Å²) in [7, 11) is 0. The Morgan fingerprint density at radius 1 is 1.47 bits per heavy atom. The van der Waals surface area contributed by atoms with E-state index in [9.17, 15) is 4.79 Å². The van der Waals surface area contributed by atoms with Gasteiger partial charge in [0.05, 0.1) is 6.54 Å². The van der Waals surface area contributed by atoms with Crippen LogP contribution in [0.2, 0.25) is 0 Å². The molecule has 0 radical (unpaired) electrons. The molecule has 1 aliphatic rings. The van der Waals surface area contributed by atoms with Crippen LogP contribution in [0.1, 0.15) is 12.0 Å². The molecule has 0 spiro atoms. The maximum Gasteiger partial charge on any atom is 0.240 e. The summed E-state index contributed by atoms with van der Waals surface area (Å²) in [6.07, 6.45) is 3.88. The van der Waals surface area contributed by atoms with Crippen LogP contribution in [0.15, 0.2) is 36.9 Å². The molecule has 17 heavy (non-hydrogen) atoms. The highest BCUT2D eigenvalue weighted by atomic mass is 16.2. The summed E-state index contributed by atoms with van der Waals surface area (Å²) in [5.74, 6) is 0.138. The summed E-state index contributed by atoms with van der Waals surface area (Å²) >= 11 is 0. The molecule has 1 heterocycles. The second-order valence-corrected chi connectivity index (χ2v) is 4.20. The lowest BCUT2D eigenvalue weighted by Crippen LogP contribution is -2.41. The summed E-state index contributed by atoms with van der Waals surface area (Å²) in [6, 6.07) is 8.15. The van der Waals surface area contributed by atoms with Gasteiger partial charge in [0.2, 0.25) is 5.91 Å². The minimum absolute atomic E-state index is 0.138. The smallest absolute Gasteiger partial charge is 0.240 e. The third-order valence-corrected chi connectivity index (χ3v) is 2.98. The van der Waals surface area contributed by atoms with Gasteiger partial charge in [-0.25, -0.2) is 0 Å². The molecule has 0 saturated heterocycles. The van der Waals surface area contributed by atoms with Crippen LogP contribution in [0, 0.1) is 0 Å². The van der Waals surface area contributed by atoms with Crippen LogP contribution >= 0.6 is 0 Å². The summed E-state index contributed by atoms with van der Waals surface area (Å²) in [6.45, 7) is 5.49. The molecule has 1 aromatic carbocycles. The Bertz CT molecular complexity index is 414. The number of amides is 1. The lowest BCUT2D eigenvalue weighted by atomic mass is 10.0. The van der Waals surface area contributed by atoms with Crippen LogP contribution < -0.4 is 10.2 Å². The number of para-hydroxylation sites is 1. The van der Waals surface area contributed by atoms with E-state index in [0.29, 0.717) is 13.1 Å². The molecule has 0 unspecified atom stereocenters. The average Bonchev–Trinajstić information content (AvgIpc) is 2.38. The highest BCUT2D eigenvalue weighted by molar-refractivity contribution is 5.95. The van der Waals surface area contributed by atoms with Crippen LogP contribution in [0.5, 0.6) is 0 Å². The first-order valence-corrected chi connectivity index (χ1v) is 6.03. The van der Waals surface area contributed by atoms with E-state index in [-0.39, 0.29) is 5.91 Å². The standard InChI is InChI=1S/C14H18N2O/c1-2-9-15-11-14(17)16-10-5-7-12-6-3-4-8-13(12)16/h2-4,6,8,15H,1,5,7,9-11H2. The predicted molar refractivity (Wildman–Crippen MR) is 70.2 cm³/mol. The number of hydrogen-bond acceptors (Lipinski definition) is 2. The monoisotopic (exact) mass is 230 g/mol. The molecule has 0 atom stereocenters. The van der Waals surface area contributed by atoms with Gasteiger partial charge >= 0.3 is 0 Å². The molecule has 0 saturated carbocycles. The molecule has 3 nitrogen and oxygen atoms in total. The second kappa shape index (κ2) is 5.64. The fourth-order valence-corrected chi connectivity index (χ4v) is 2.17. The molecular weight excluding hydrogens is 212 g/mol. The van der Waals surface area contributed by atoms with Gasteiger partial charge in [-0.15, -0.1) is 6.58 Å². The number of rotatable bonds is 4. The number of fused-ring (bicyclic) bond motifs is 1. The Hall–Kier alpha value is -1.61. The van der Waals surface area contributed by atoms with Crippen molar-refractivity contribution in [2.45, 2.75) is 12.8 Å². The number of aryl methyl sites for hydroxylation is 1. The van der Waals surface area contributed by atoms with Crippen molar-refractivity contribution in [1.29, 1.82) is 0 Å². The molecule has 3 heteroatoms. The van der Waals surface area contributed by atoms with Gasteiger partial charge < -0.3 is 10.2 Å². The van der Waals surface area contributed by atoms with Crippen molar-refractivity contribution in [1.82, 2.24) is 5.32 Å². The zero-order chi connectivity index (χ0) is 12.1. The third kappa shape index (κ3) is 2.74. The molecule has 1 aliphatic heterocycles. The Kier molecular flexibility index (Phi) is 3.94. The quantitative estimate of drug-likeness (QED) is 0.631. The maximum absolute atomic E-state index is 12.1. The van der Waals surface area contributed by atoms with Crippen molar-refractivity contribution in [3.8, 4) is 0 Å². The van der Waals surface area contributed by atoms with E-state index in [4.69, 9.17) is 0 Å². The van der Waals surface area contributed by atoms with Crippen molar-refractivity contribution < 1.29 is 4.79 Å². The number of carbonyl (C=O) groups excluding carboxylic acids is 1. The zero-order valence-electron chi connectivity index (χ0n) is 9.98. The van der Waals surface area contributed by atoms with E-state index >= 15 is 0 Å². The van der Waals surface area contributed by atoms with Crippen molar-refractivity contribution in [3.05, 3.63) is 42.5 Å². The summed E-state index contributed by atoms with van der Waals surface area (Å²) in [5.41, 5.74) is 2.35. The van der Waals surface area contributed by atoms with Gasteiger partial charge in [0.25, 0.3) is 0 Å². The molecule has 0 aromatic heterocycles. The van der Waals surface area contributed by atoms with Gasteiger partial charge in [-0.1, -0.05) is 24.3 Å². The molecule has 0 aliphatic carbocycles. The molecule has 1 N–H and O–H groups in total. The van der Waals surface area contributed by atoms with E-state index < -0.39 is 0 Å². The minimum atomic E-state index is 0.138. The van der Waals surface area contributed by atoms with E-state index in [1.54, 1.807) is 6.08 Å². The van der Waals surface area contributed by atoms with Gasteiger partial charge in [-0.2, -0.15) is 0 Å². The zero-order valence-corrected chi connectivity index (χ0v) is 9.98. The first-order valence-electron chi connectivity index (χ1n) is 6.03. The van der Waals surface area contributed by atoms with Crippen molar-refractivity contribution >= 4 is 11.6 Å². The van der Waals surface area contributed by atoms with E-state index in [2.05, 4.69) is 18.0 Å². The van der Waals surface area contributed by atoms with E-state index in [1.807, 2.05) is 23.1 Å². The van der Waals surface area contributed by atoms with Gasteiger partial charge in [0.15, 0.2) is 0 Å². The highest BCUT2D eigenvalue weighted by Gasteiger charge is 2.21. The molecule has 2 rings (SSSR count). The SMILES string of the molecule is C=CCNCC(=O)N1CCCc2ccccc21. The Balaban J connectivity index is 2.07. The van der Waals surface area contributed by atoms with Gasteiger partial charge in [0, 0.05) is 18.8 Å². The number of benzene rings is 1. The normalized spacial score (nSPS) is 14.2. The molecular formula is C14H18N2O.